The van der Waals surface area contributed by atoms with E-state index < -0.39 is 15.4 Å². The van der Waals surface area contributed by atoms with Gasteiger partial charge in [-0.1, -0.05) is 47.5 Å². The van der Waals surface area contributed by atoms with Crippen molar-refractivity contribution in [2.75, 3.05) is 19.7 Å². The molecule has 7 heteroatoms. The Morgan fingerprint density at radius 1 is 1.08 bits per heavy atom. The summed E-state index contributed by atoms with van der Waals surface area (Å²) in [7, 11) is -3.59. The second-order valence-electron chi connectivity index (χ2n) is 6.64. The molecule has 1 unspecified atom stereocenters. The number of nitrogens with zero attached hydrogens (tertiary/aromatic N) is 1. The second-order valence-corrected chi connectivity index (χ2v) is 9.39. The van der Waals surface area contributed by atoms with E-state index in [1.54, 1.807) is 42.5 Å². The molecule has 1 aliphatic heterocycles. The van der Waals surface area contributed by atoms with E-state index in [1.807, 2.05) is 6.07 Å². The van der Waals surface area contributed by atoms with Gasteiger partial charge in [0.2, 0.25) is 10.0 Å². The lowest BCUT2D eigenvalue weighted by Crippen LogP contribution is -2.48. The molecule has 26 heavy (non-hydrogen) atoms. The number of hydrogen-bond acceptors (Lipinski definition) is 3. The molecule has 0 spiro atoms. The van der Waals surface area contributed by atoms with Crippen LogP contribution in [-0.4, -0.2) is 37.5 Å². The summed E-state index contributed by atoms with van der Waals surface area (Å²) in [5.74, 6) is 0. The molecule has 140 valence electrons. The Balaban J connectivity index is 1.98. The van der Waals surface area contributed by atoms with E-state index in [-0.39, 0.29) is 11.5 Å². The topological polar surface area (TPSA) is 57.6 Å². The molecule has 1 N–H and O–H groups in total. The maximum Gasteiger partial charge on any atom is 0.243 e. The van der Waals surface area contributed by atoms with Gasteiger partial charge in [-0.3, -0.25) is 0 Å². The minimum atomic E-state index is -3.59. The zero-order valence-electron chi connectivity index (χ0n) is 14.2. The van der Waals surface area contributed by atoms with Gasteiger partial charge in [0.25, 0.3) is 0 Å². The van der Waals surface area contributed by atoms with Crippen LogP contribution in [0.1, 0.15) is 24.8 Å². The van der Waals surface area contributed by atoms with Crippen molar-refractivity contribution in [2.24, 2.45) is 0 Å². The normalized spacial score (nSPS) is 21.7. The number of halogens is 2. The van der Waals surface area contributed by atoms with E-state index in [9.17, 15) is 13.5 Å². The summed E-state index contributed by atoms with van der Waals surface area (Å²) in [5, 5.41) is 10.5. The molecule has 0 bridgehead atoms. The lowest BCUT2D eigenvalue weighted by Gasteiger charge is -2.42. The van der Waals surface area contributed by atoms with E-state index in [0.29, 0.717) is 36.0 Å². The van der Waals surface area contributed by atoms with Crippen LogP contribution in [0.5, 0.6) is 0 Å². The molecule has 1 fully saturated rings. The molecule has 4 nitrogen and oxygen atoms in total. The van der Waals surface area contributed by atoms with Crippen molar-refractivity contribution in [1.82, 2.24) is 4.31 Å². The zero-order chi connectivity index (χ0) is 18.8. The fourth-order valence-corrected chi connectivity index (χ4v) is 5.54. The molecule has 1 heterocycles. The van der Waals surface area contributed by atoms with Crippen LogP contribution in [0.4, 0.5) is 0 Å². The van der Waals surface area contributed by atoms with Crippen LogP contribution in [0.3, 0.4) is 0 Å². The average Bonchev–Trinajstić information content (AvgIpc) is 2.65. The third kappa shape index (κ3) is 3.78. The Hall–Kier alpha value is -1.11. The smallest absolute Gasteiger partial charge is 0.243 e. The van der Waals surface area contributed by atoms with Crippen molar-refractivity contribution in [1.29, 1.82) is 0 Å². The molecular formula is C19H21Cl2NO3S. The standard InChI is InChI=1S/C19H21Cl2NO3S/c20-17-8-7-15(13-18(17)21)19(10-12-23)9-4-11-22(14-19)26(24,25)16-5-2-1-3-6-16/h1-3,5-8,13,23H,4,9-12,14H2. The van der Waals surface area contributed by atoms with Crippen LogP contribution in [-0.2, 0) is 15.4 Å². The highest BCUT2D eigenvalue weighted by Crippen LogP contribution is 2.40. The first-order chi connectivity index (χ1) is 12.4. The molecule has 0 saturated carbocycles. The van der Waals surface area contributed by atoms with E-state index in [0.717, 1.165) is 12.0 Å². The molecule has 0 amide bonds. The first-order valence-electron chi connectivity index (χ1n) is 8.51. The Morgan fingerprint density at radius 2 is 1.81 bits per heavy atom. The Kier molecular flexibility index (Phi) is 5.94. The first kappa shape index (κ1) is 19.6. The number of aliphatic hydroxyl groups excluding tert-OH is 1. The van der Waals surface area contributed by atoms with Crippen molar-refractivity contribution < 1.29 is 13.5 Å². The molecule has 2 aromatic rings. The van der Waals surface area contributed by atoms with E-state index in [2.05, 4.69) is 0 Å². The van der Waals surface area contributed by atoms with Gasteiger partial charge >= 0.3 is 0 Å². The number of piperidine rings is 1. The van der Waals surface area contributed by atoms with Crippen LogP contribution in [0, 0.1) is 0 Å². The molecule has 1 saturated heterocycles. The first-order valence-corrected chi connectivity index (χ1v) is 10.7. The fraction of sp³-hybridized carbons (Fsp3) is 0.368. The molecule has 1 aliphatic rings. The van der Waals surface area contributed by atoms with Gasteiger partial charge in [0.15, 0.2) is 0 Å². The van der Waals surface area contributed by atoms with Gasteiger partial charge in [-0.25, -0.2) is 8.42 Å². The second kappa shape index (κ2) is 7.87. The molecule has 0 aliphatic carbocycles. The minimum absolute atomic E-state index is 0.0283. The van der Waals surface area contributed by atoms with Gasteiger partial charge in [0.05, 0.1) is 14.9 Å². The summed E-state index contributed by atoms with van der Waals surface area (Å²) in [4.78, 5) is 0.286. The van der Waals surface area contributed by atoms with Crippen molar-refractivity contribution in [3.8, 4) is 0 Å². The zero-order valence-corrected chi connectivity index (χ0v) is 16.6. The Bertz CT molecular complexity index is 870. The lowest BCUT2D eigenvalue weighted by molar-refractivity contribution is 0.169. The van der Waals surface area contributed by atoms with Crippen molar-refractivity contribution in [2.45, 2.75) is 29.6 Å². The molecule has 2 aromatic carbocycles. The molecule has 3 rings (SSSR count). The molecular weight excluding hydrogens is 393 g/mol. The third-order valence-corrected chi connectivity index (χ3v) is 7.64. The summed E-state index contributed by atoms with van der Waals surface area (Å²) < 4.78 is 27.6. The Labute approximate surface area is 164 Å². The summed E-state index contributed by atoms with van der Waals surface area (Å²) in [6.45, 7) is 0.744. The average molecular weight is 414 g/mol. The highest BCUT2D eigenvalue weighted by molar-refractivity contribution is 7.89. The highest BCUT2D eigenvalue weighted by Gasteiger charge is 2.41. The maximum atomic E-state index is 13.0. The van der Waals surface area contributed by atoms with Crippen molar-refractivity contribution in [3.63, 3.8) is 0 Å². The van der Waals surface area contributed by atoms with Crippen LogP contribution in [0.2, 0.25) is 10.0 Å². The van der Waals surface area contributed by atoms with Gasteiger partial charge in [-0.2, -0.15) is 4.31 Å². The summed E-state index contributed by atoms with van der Waals surface area (Å²) in [6, 6.07) is 13.8. The number of hydrogen-bond donors (Lipinski definition) is 1. The molecule has 0 aromatic heterocycles. The number of sulfonamides is 1. The number of rotatable bonds is 5. The van der Waals surface area contributed by atoms with Crippen LogP contribution < -0.4 is 0 Å². The van der Waals surface area contributed by atoms with Gasteiger partial charge < -0.3 is 5.11 Å². The van der Waals surface area contributed by atoms with Gasteiger partial charge in [0.1, 0.15) is 0 Å². The SMILES string of the molecule is O=S(=O)(c1ccccc1)N1CCCC(CCO)(c2ccc(Cl)c(Cl)c2)C1. The van der Waals surface area contributed by atoms with Gasteiger partial charge in [-0.05, 0) is 49.1 Å². The third-order valence-electron chi connectivity index (χ3n) is 5.05. The van der Waals surface area contributed by atoms with Crippen molar-refractivity contribution >= 4 is 33.2 Å². The maximum absolute atomic E-state index is 13.0. The predicted molar refractivity (Wildman–Crippen MR) is 104 cm³/mol. The Morgan fingerprint density at radius 3 is 2.46 bits per heavy atom. The van der Waals surface area contributed by atoms with Crippen LogP contribution in [0.15, 0.2) is 53.4 Å². The lowest BCUT2D eigenvalue weighted by atomic mass is 9.72. The predicted octanol–water partition coefficient (Wildman–Crippen LogP) is 4.10. The van der Waals surface area contributed by atoms with E-state index >= 15 is 0 Å². The van der Waals surface area contributed by atoms with Crippen molar-refractivity contribution in [3.05, 3.63) is 64.1 Å². The van der Waals surface area contributed by atoms with E-state index in [4.69, 9.17) is 23.2 Å². The highest BCUT2D eigenvalue weighted by atomic mass is 35.5. The van der Waals surface area contributed by atoms with Crippen LogP contribution >= 0.6 is 23.2 Å². The summed E-state index contributed by atoms with van der Waals surface area (Å²) in [6.07, 6.45) is 1.96. The fourth-order valence-electron chi connectivity index (χ4n) is 3.66. The summed E-state index contributed by atoms with van der Waals surface area (Å²) in [5.41, 5.74) is 0.428. The molecule has 1 atom stereocenters. The van der Waals surface area contributed by atoms with Gasteiger partial charge in [-0.15, -0.1) is 0 Å². The molecule has 0 radical (unpaired) electrons. The monoisotopic (exact) mass is 413 g/mol. The quantitative estimate of drug-likeness (QED) is 0.802. The van der Waals surface area contributed by atoms with Crippen LogP contribution in [0.25, 0.3) is 0 Å². The largest absolute Gasteiger partial charge is 0.396 e. The van der Waals surface area contributed by atoms with E-state index in [1.165, 1.54) is 4.31 Å². The number of benzene rings is 2. The summed E-state index contributed by atoms with van der Waals surface area (Å²) >= 11 is 12.2. The van der Waals surface area contributed by atoms with Gasteiger partial charge in [0, 0.05) is 25.1 Å². The minimum Gasteiger partial charge on any atom is -0.396 e. The number of aliphatic hydroxyl groups is 1.